The highest BCUT2D eigenvalue weighted by molar-refractivity contribution is 5.16. The van der Waals surface area contributed by atoms with Crippen molar-refractivity contribution in [2.75, 3.05) is 0 Å². The summed E-state index contributed by atoms with van der Waals surface area (Å²) in [6.07, 6.45) is 1.67. The SMILES string of the molecule is Cc1nncn1Cc1ccc(F)cc1. The fourth-order valence-electron chi connectivity index (χ4n) is 1.25. The molecule has 14 heavy (non-hydrogen) atoms. The van der Waals surface area contributed by atoms with E-state index in [-0.39, 0.29) is 5.82 Å². The molecule has 0 saturated carbocycles. The van der Waals surface area contributed by atoms with Gasteiger partial charge in [-0.15, -0.1) is 10.2 Å². The van der Waals surface area contributed by atoms with Crippen LogP contribution >= 0.6 is 0 Å². The zero-order chi connectivity index (χ0) is 9.97. The van der Waals surface area contributed by atoms with Gasteiger partial charge >= 0.3 is 0 Å². The molecule has 0 aliphatic rings. The first kappa shape index (κ1) is 8.87. The maximum atomic E-state index is 12.6. The van der Waals surface area contributed by atoms with E-state index in [1.165, 1.54) is 12.1 Å². The van der Waals surface area contributed by atoms with E-state index in [2.05, 4.69) is 10.2 Å². The molecule has 0 spiro atoms. The van der Waals surface area contributed by atoms with Crippen molar-refractivity contribution in [3.63, 3.8) is 0 Å². The minimum Gasteiger partial charge on any atom is -0.313 e. The predicted octanol–water partition coefficient (Wildman–Crippen LogP) is 1.77. The van der Waals surface area contributed by atoms with Gasteiger partial charge in [0.25, 0.3) is 0 Å². The van der Waals surface area contributed by atoms with Crippen molar-refractivity contribution in [3.8, 4) is 0 Å². The van der Waals surface area contributed by atoms with Crippen molar-refractivity contribution in [2.24, 2.45) is 0 Å². The lowest BCUT2D eigenvalue weighted by Crippen LogP contribution is -2.00. The number of rotatable bonds is 2. The summed E-state index contributed by atoms with van der Waals surface area (Å²) >= 11 is 0. The van der Waals surface area contributed by atoms with Crippen LogP contribution in [0.15, 0.2) is 30.6 Å². The molecule has 1 aromatic heterocycles. The van der Waals surface area contributed by atoms with Gasteiger partial charge in [0.2, 0.25) is 0 Å². The molecular weight excluding hydrogens is 181 g/mol. The van der Waals surface area contributed by atoms with Crippen molar-refractivity contribution in [3.05, 3.63) is 47.8 Å². The number of nitrogens with zero attached hydrogens (tertiary/aromatic N) is 3. The van der Waals surface area contributed by atoms with E-state index in [0.717, 1.165) is 11.4 Å². The van der Waals surface area contributed by atoms with Crippen LogP contribution in [0.5, 0.6) is 0 Å². The molecule has 0 aliphatic carbocycles. The third-order valence-corrected chi connectivity index (χ3v) is 2.08. The Balaban J connectivity index is 2.19. The van der Waals surface area contributed by atoms with Crippen molar-refractivity contribution >= 4 is 0 Å². The summed E-state index contributed by atoms with van der Waals surface area (Å²) in [6.45, 7) is 2.57. The Morgan fingerprint density at radius 2 is 2.00 bits per heavy atom. The number of halogens is 1. The Kier molecular flexibility index (Phi) is 2.26. The minimum absolute atomic E-state index is 0.214. The maximum Gasteiger partial charge on any atom is 0.129 e. The second kappa shape index (κ2) is 3.57. The number of benzene rings is 1. The van der Waals surface area contributed by atoms with Gasteiger partial charge in [-0.2, -0.15) is 0 Å². The van der Waals surface area contributed by atoms with Crippen LogP contribution in [0.3, 0.4) is 0 Å². The Labute approximate surface area is 81.2 Å². The molecule has 1 aromatic carbocycles. The Morgan fingerprint density at radius 3 is 2.57 bits per heavy atom. The summed E-state index contributed by atoms with van der Waals surface area (Å²) in [5.41, 5.74) is 1.04. The Morgan fingerprint density at radius 1 is 1.29 bits per heavy atom. The van der Waals surface area contributed by atoms with Gasteiger partial charge in [-0.3, -0.25) is 0 Å². The third-order valence-electron chi connectivity index (χ3n) is 2.08. The minimum atomic E-state index is -0.214. The predicted molar refractivity (Wildman–Crippen MR) is 50.3 cm³/mol. The molecule has 3 nitrogen and oxygen atoms in total. The number of aryl methyl sites for hydroxylation is 1. The van der Waals surface area contributed by atoms with Crippen LogP contribution in [0, 0.1) is 12.7 Å². The van der Waals surface area contributed by atoms with E-state index >= 15 is 0 Å². The first-order chi connectivity index (χ1) is 6.75. The zero-order valence-electron chi connectivity index (χ0n) is 7.81. The molecule has 0 N–H and O–H groups in total. The summed E-state index contributed by atoms with van der Waals surface area (Å²) < 4.78 is 14.5. The number of hydrogen-bond donors (Lipinski definition) is 0. The van der Waals surface area contributed by atoms with E-state index in [1.54, 1.807) is 18.5 Å². The third kappa shape index (κ3) is 1.79. The number of aromatic nitrogens is 3. The van der Waals surface area contributed by atoms with Crippen LogP contribution in [0.25, 0.3) is 0 Å². The first-order valence-electron chi connectivity index (χ1n) is 4.34. The van der Waals surface area contributed by atoms with Gasteiger partial charge in [0.1, 0.15) is 18.0 Å². The average molecular weight is 191 g/mol. The standard InChI is InChI=1S/C10H10FN3/c1-8-13-12-7-14(8)6-9-2-4-10(11)5-3-9/h2-5,7H,6H2,1H3. The lowest BCUT2D eigenvalue weighted by atomic mass is 10.2. The lowest BCUT2D eigenvalue weighted by Gasteiger charge is -2.03. The van der Waals surface area contributed by atoms with E-state index < -0.39 is 0 Å². The van der Waals surface area contributed by atoms with Crippen molar-refractivity contribution in [2.45, 2.75) is 13.5 Å². The quantitative estimate of drug-likeness (QED) is 0.724. The number of hydrogen-bond acceptors (Lipinski definition) is 2. The van der Waals surface area contributed by atoms with Crippen molar-refractivity contribution in [1.29, 1.82) is 0 Å². The van der Waals surface area contributed by atoms with Gasteiger partial charge in [-0.1, -0.05) is 12.1 Å². The fraction of sp³-hybridized carbons (Fsp3) is 0.200. The molecule has 0 aliphatic heterocycles. The van der Waals surface area contributed by atoms with Crippen LogP contribution in [0.1, 0.15) is 11.4 Å². The molecule has 4 heteroatoms. The average Bonchev–Trinajstić information content (AvgIpc) is 2.56. The van der Waals surface area contributed by atoms with Crippen LogP contribution in [0.2, 0.25) is 0 Å². The highest BCUT2D eigenvalue weighted by Crippen LogP contribution is 2.05. The lowest BCUT2D eigenvalue weighted by molar-refractivity contribution is 0.626. The molecule has 2 rings (SSSR count). The highest BCUT2D eigenvalue weighted by atomic mass is 19.1. The molecule has 2 aromatic rings. The molecule has 0 unspecified atom stereocenters. The molecule has 1 heterocycles. The second-order valence-electron chi connectivity index (χ2n) is 3.13. The van der Waals surface area contributed by atoms with E-state index in [0.29, 0.717) is 6.54 Å². The van der Waals surface area contributed by atoms with Crippen LogP contribution < -0.4 is 0 Å². The van der Waals surface area contributed by atoms with Crippen molar-refractivity contribution < 1.29 is 4.39 Å². The molecule has 0 atom stereocenters. The molecule has 0 fully saturated rings. The highest BCUT2D eigenvalue weighted by Gasteiger charge is 1.99. The van der Waals surface area contributed by atoms with Gasteiger partial charge in [0.15, 0.2) is 0 Å². The molecule has 0 saturated heterocycles. The Hall–Kier alpha value is -1.71. The van der Waals surface area contributed by atoms with E-state index in [4.69, 9.17) is 0 Å². The second-order valence-corrected chi connectivity index (χ2v) is 3.13. The first-order valence-corrected chi connectivity index (χ1v) is 4.34. The zero-order valence-corrected chi connectivity index (χ0v) is 7.81. The smallest absolute Gasteiger partial charge is 0.129 e. The normalized spacial score (nSPS) is 10.4. The monoisotopic (exact) mass is 191 g/mol. The molecule has 0 bridgehead atoms. The topological polar surface area (TPSA) is 30.7 Å². The summed E-state index contributed by atoms with van der Waals surface area (Å²) in [5, 5.41) is 7.64. The Bertz CT molecular complexity index is 419. The van der Waals surface area contributed by atoms with Gasteiger partial charge < -0.3 is 4.57 Å². The van der Waals surface area contributed by atoms with Gasteiger partial charge in [-0.25, -0.2) is 4.39 Å². The molecular formula is C10H10FN3. The summed E-state index contributed by atoms with van der Waals surface area (Å²) in [4.78, 5) is 0. The van der Waals surface area contributed by atoms with E-state index in [9.17, 15) is 4.39 Å². The molecule has 72 valence electrons. The van der Waals surface area contributed by atoms with Crippen LogP contribution in [-0.2, 0) is 6.54 Å². The van der Waals surface area contributed by atoms with E-state index in [1.807, 2.05) is 11.5 Å². The van der Waals surface area contributed by atoms with Gasteiger partial charge in [0.05, 0.1) is 6.54 Å². The van der Waals surface area contributed by atoms with Gasteiger partial charge in [-0.05, 0) is 24.6 Å². The molecule has 0 radical (unpaired) electrons. The summed E-state index contributed by atoms with van der Waals surface area (Å²) in [7, 11) is 0. The van der Waals surface area contributed by atoms with Crippen LogP contribution in [-0.4, -0.2) is 14.8 Å². The maximum absolute atomic E-state index is 12.6. The van der Waals surface area contributed by atoms with Crippen LogP contribution in [0.4, 0.5) is 4.39 Å². The fourth-order valence-corrected chi connectivity index (χ4v) is 1.25. The largest absolute Gasteiger partial charge is 0.313 e. The summed E-state index contributed by atoms with van der Waals surface area (Å²) in [5.74, 6) is 0.642. The molecule has 0 amide bonds. The summed E-state index contributed by atoms with van der Waals surface area (Å²) in [6, 6.07) is 6.42. The van der Waals surface area contributed by atoms with Crippen molar-refractivity contribution in [1.82, 2.24) is 14.8 Å². The van der Waals surface area contributed by atoms with Gasteiger partial charge in [0, 0.05) is 0 Å².